The Morgan fingerprint density at radius 2 is 2.17 bits per heavy atom. The van der Waals surface area contributed by atoms with Crippen molar-refractivity contribution in [2.24, 2.45) is 5.73 Å². The second-order valence-electron chi connectivity index (χ2n) is 5.78. The van der Waals surface area contributed by atoms with Crippen LogP contribution in [0, 0.1) is 0 Å². The lowest BCUT2D eigenvalue weighted by Gasteiger charge is -2.29. The summed E-state index contributed by atoms with van der Waals surface area (Å²) in [5.41, 5.74) is 6.51. The van der Waals surface area contributed by atoms with E-state index < -0.39 is 5.60 Å². The molecule has 0 saturated heterocycles. The van der Waals surface area contributed by atoms with Crippen LogP contribution in [0.4, 0.5) is 4.79 Å². The van der Waals surface area contributed by atoms with Crippen molar-refractivity contribution < 1.29 is 9.53 Å². The molecule has 0 atom stereocenters. The van der Waals surface area contributed by atoms with Crippen LogP contribution < -0.4 is 5.73 Å². The monoisotopic (exact) mass is 254 g/mol. The Labute approximate surface area is 110 Å². The first-order chi connectivity index (χ1) is 8.42. The molecule has 1 aliphatic rings. The number of rotatable bonds is 4. The van der Waals surface area contributed by atoms with Crippen molar-refractivity contribution in [2.75, 3.05) is 19.6 Å². The summed E-state index contributed by atoms with van der Waals surface area (Å²) in [6.45, 7) is 7.88. The first kappa shape index (κ1) is 15.0. The van der Waals surface area contributed by atoms with Gasteiger partial charge in [-0.2, -0.15) is 0 Å². The summed E-state index contributed by atoms with van der Waals surface area (Å²) < 4.78 is 5.35. The number of ether oxygens (including phenoxy) is 1. The smallest absolute Gasteiger partial charge is 0.410 e. The van der Waals surface area contributed by atoms with E-state index >= 15 is 0 Å². The highest BCUT2D eigenvalue weighted by Crippen LogP contribution is 2.18. The molecule has 104 valence electrons. The lowest BCUT2D eigenvalue weighted by atomic mass is 10.0. The third-order valence-corrected chi connectivity index (χ3v) is 2.91. The van der Waals surface area contributed by atoms with Gasteiger partial charge in [-0.15, -0.1) is 0 Å². The highest BCUT2D eigenvalue weighted by Gasteiger charge is 2.23. The van der Waals surface area contributed by atoms with Crippen molar-refractivity contribution in [1.82, 2.24) is 4.90 Å². The van der Waals surface area contributed by atoms with Gasteiger partial charge in [-0.05, 0) is 53.0 Å². The number of nitrogens with two attached hydrogens (primary N) is 1. The molecule has 0 aromatic heterocycles. The maximum atomic E-state index is 11.8. The summed E-state index contributed by atoms with van der Waals surface area (Å²) in [7, 11) is 0. The number of carbonyl (C=O) groups excluding carboxylic acids is 1. The maximum absolute atomic E-state index is 11.8. The highest BCUT2D eigenvalue weighted by atomic mass is 16.6. The zero-order valence-corrected chi connectivity index (χ0v) is 11.9. The highest BCUT2D eigenvalue weighted by molar-refractivity contribution is 5.68. The molecule has 1 aliphatic heterocycles. The Hall–Kier alpha value is -1.03. The zero-order valence-electron chi connectivity index (χ0n) is 11.9. The van der Waals surface area contributed by atoms with Crippen LogP contribution in [0.15, 0.2) is 11.6 Å². The fraction of sp³-hybridized carbons (Fsp3) is 0.786. The summed E-state index contributed by atoms with van der Waals surface area (Å²) >= 11 is 0. The predicted molar refractivity (Wildman–Crippen MR) is 73.4 cm³/mol. The average molecular weight is 254 g/mol. The van der Waals surface area contributed by atoms with Crippen LogP contribution in [0.25, 0.3) is 0 Å². The van der Waals surface area contributed by atoms with Crippen LogP contribution in [0.1, 0.15) is 46.5 Å². The molecule has 0 unspecified atom stereocenters. The zero-order chi connectivity index (χ0) is 13.6. The number of amides is 1. The molecule has 0 fully saturated rings. The second-order valence-corrected chi connectivity index (χ2v) is 5.78. The molecular weight excluding hydrogens is 228 g/mol. The molecule has 0 bridgehead atoms. The van der Waals surface area contributed by atoms with E-state index in [1.165, 1.54) is 5.57 Å². The van der Waals surface area contributed by atoms with Crippen molar-refractivity contribution >= 4 is 6.09 Å². The normalized spacial score (nSPS) is 16.4. The SMILES string of the molecule is CC(C)(C)OC(=O)N1CC=C(CCCCN)CC1. The van der Waals surface area contributed by atoms with Crippen LogP contribution >= 0.6 is 0 Å². The number of carbonyl (C=O) groups is 1. The molecule has 0 spiro atoms. The van der Waals surface area contributed by atoms with Gasteiger partial charge in [0.15, 0.2) is 0 Å². The average Bonchev–Trinajstić information content (AvgIpc) is 2.28. The Balaban J connectivity index is 2.35. The molecule has 1 heterocycles. The number of hydrogen-bond acceptors (Lipinski definition) is 3. The van der Waals surface area contributed by atoms with E-state index in [1.807, 2.05) is 20.8 Å². The first-order valence-electron chi connectivity index (χ1n) is 6.78. The third-order valence-electron chi connectivity index (χ3n) is 2.91. The van der Waals surface area contributed by atoms with Gasteiger partial charge in [0.25, 0.3) is 0 Å². The van der Waals surface area contributed by atoms with Gasteiger partial charge >= 0.3 is 6.09 Å². The predicted octanol–water partition coefficient (Wildman–Crippen LogP) is 2.68. The van der Waals surface area contributed by atoms with Crippen LogP contribution in [0.3, 0.4) is 0 Å². The van der Waals surface area contributed by atoms with Gasteiger partial charge in [-0.3, -0.25) is 0 Å². The molecule has 0 radical (unpaired) electrons. The van der Waals surface area contributed by atoms with E-state index in [9.17, 15) is 4.79 Å². The van der Waals surface area contributed by atoms with E-state index in [2.05, 4.69) is 6.08 Å². The summed E-state index contributed by atoms with van der Waals surface area (Å²) in [5.74, 6) is 0. The minimum Gasteiger partial charge on any atom is -0.444 e. The molecule has 0 aromatic rings. The molecule has 0 aliphatic carbocycles. The maximum Gasteiger partial charge on any atom is 0.410 e. The fourth-order valence-corrected chi connectivity index (χ4v) is 1.93. The molecule has 1 rings (SSSR count). The van der Waals surface area contributed by atoms with Crippen LogP contribution in [0.5, 0.6) is 0 Å². The van der Waals surface area contributed by atoms with Gasteiger partial charge < -0.3 is 15.4 Å². The van der Waals surface area contributed by atoms with Crippen molar-refractivity contribution in [3.63, 3.8) is 0 Å². The molecule has 18 heavy (non-hydrogen) atoms. The lowest BCUT2D eigenvalue weighted by Crippen LogP contribution is -2.39. The molecule has 1 amide bonds. The standard InChI is InChI=1S/C14H26N2O2/c1-14(2,3)18-13(17)16-10-7-12(8-11-16)6-4-5-9-15/h7H,4-6,8-11,15H2,1-3H3. The quantitative estimate of drug-likeness (QED) is 0.620. The van der Waals surface area contributed by atoms with Gasteiger partial charge in [-0.1, -0.05) is 11.6 Å². The fourth-order valence-electron chi connectivity index (χ4n) is 1.93. The molecular formula is C14H26N2O2. The minimum absolute atomic E-state index is 0.209. The van der Waals surface area contributed by atoms with Crippen molar-refractivity contribution in [3.05, 3.63) is 11.6 Å². The van der Waals surface area contributed by atoms with E-state index in [0.717, 1.165) is 38.8 Å². The van der Waals surface area contributed by atoms with Gasteiger partial charge in [0.1, 0.15) is 5.60 Å². The van der Waals surface area contributed by atoms with E-state index in [-0.39, 0.29) is 6.09 Å². The third kappa shape index (κ3) is 5.54. The molecule has 0 aromatic carbocycles. The van der Waals surface area contributed by atoms with E-state index in [1.54, 1.807) is 4.90 Å². The summed E-state index contributed by atoms with van der Waals surface area (Å²) in [4.78, 5) is 13.6. The van der Waals surface area contributed by atoms with Gasteiger partial charge in [0.2, 0.25) is 0 Å². The molecule has 0 saturated carbocycles. The van der Waals surface area contributed by atoms with Gasteiger partial charge in [0.05, 0.1) is 0 Å². The van der Waals surface area contributed by atoms with Crippen LogP contribution in [0.2, 0.25) is 0 Å². The summed E-state index contributed by atoms with van der Waals surface area (Å²) in [6.07, 6.45) is 6.24. The minimum atomic E-state index is -0.414. The van der Waals surface area contributed by atoms with Crippen molar-refractivity contribution in [3.8, 4) is 0 Å². The topological polar surface area (TPSA) is 55.6 Å². The lowest BCUT2D eigenvalue weighted by molar-refractivity contribution is 0.0265. The van der Waals surface area contributed by atoms with Gasteiger partial charge in [-0.25, -0.2) is 4.79 Å². The molecule has 4 nitrogen and oxygen atoms in total. The number of hydrogen-bond donors (Lipinski definition) is 1. The Kier molecular flexibility index (Phi) is 5.66. The molecule has 4 heteroatoms. The van der Waals surface area contributed by atoms with Crippen molar-refractivity contribution in [1.29, 1.82) is 0 Å². The number of unbranched alkanes of at least 4 members (excludes halogenated alkanes) is 1. The summed E-state index contributed by atoms with van der Waals surface area (Å²) in [5, 5.41) is 0. The van der Waals surface area contributed by atoms with Gasteiger partial charge in [0, 0.05) is 13.1 Å². The second kappa shape index (κ2) is 6.78. The first-order valence-corrected chi connectivity index (χ1v) is 6.78. The van der Waals surface area contributed by atoms with Crippen molar-refractivity contribution in [2.45, 2.75) is 52.1 Å². The Morgan fingerprint density at radius 1 is 1.44 bits per heavy atom. The molecule has 2 N–H and O–H groups in total. The summed E-state index contributed by atoms with van der Waals surface area (Å²) in [6, 6.07) is 0. The number of nitrogens with zero attached hydrogens (tertiary/aromatic N) is 1. The van der Waals surface area contributed by atoms with E-state index in [0.29, 0.717) is 6.54 Å². The van der Waals surface area contributed by atoms with E-state index in [4.69, 9.17) is 10.5 Å². The van der Waals surface area contributed by atoms with Crippen LogP contribution in [-0.2, 0) is 4.74 Å². The van der Waals surface area contributed by atoms with Crippen LogP contribution in [-0.4, -0.2) is 36.2 Å². The largest absolute Gasteiger partial charge is 0.444 e. The Bertz CT molecular complexity index is 305. The Morgan fingerprint density at radius 3 is 2.67 bits per heavy atom.